The number of carboxylic acid groups (broad SMARTS) is 1. The molecule has 0 bridgehead atoms. The summed E-state index contributed by atoms with van der Waals surface area (Å²) in [5.41, 5.74) is 1.28. The number of carbonyl (C=O) groups is 3. The Morgan fingerprint density at radius 2 is 1.85 bits per heavy atom. The molecular formula is C24H26BrNO7. The van der Waals surface area contributed by atoms with E-state index in [1.807, 2.05) is 0 Å². The van der Waals surface area contributed by atoms with Crippen LogP contribution in [0.15, 0.2) is 59.1 Å². The smallest absolute Gasteiger partial charge is 0.412 e. The van der Waals surface area contributed by atoms with Gasteiger partial charge in [0.25, 0.3) is 0 Å². The second kappa shape index (κ2) is 12.8. The fraction of sp³-hybridized carbons (Fsp3) is 0.292. The normalized spacial score (nSPS) is 12.8. The van der Waals surface area contributed by atoms with E-state index in [0.717, 1.165) is 6.08 Å². The number of ketones is 1. The topological polar surface area (TPSA) is 122 Å². The minimum atomic E-state index is -1.06. The molecule has 2 atom stereocenters. The Bertz CT molecular complexity index is 1000. The summed E-state index contributed by atoms with van der Waals surface area (Å²) in [4.78, 5) is 34.9. The number of carbonyl (C=O) groups excluding carboxylic acids is 2. The summed E-state index contributed by atoms with van der Waals surface area (Å²) < 4.78 is 12.2. The molecule has 0 aliphatic carbocycles. The standard InChI is InChI=1S/C24H26BrNO7/c1-3-32-21(6-4-5-7-22(29)30)23(19-14-17(25)10-13-20(19)28)33-24(31)26-18-11-8-16(9-12-18)15(2)27/h5,7-14,21,23,28H,3-4,6H2,1-2H3,(H,26,31)(H,29,30)/b7-5+/t21-,23-/m0/s1. The van der Waals surface area contributed by atoms with Gasteiger partial charge in [0.15, 0.2) is 11.9 Å². The van der Waals surface area contributed by atoms with Crippen LogP contribution in [-0.4, -0.2) is 40.8 Å². The van der Waals surface area contributed by atoms with E-state index < -0.39 is 24.3 Å². The molecule has 0 unspecified atom stereocenters. The highest BCUT2D eigenvalue weighted by Gasteiger charge is 2.30. The van der Waals surface area contributed by atoms with Gasteiger partial charge >= 0.3 is 12.1 Å². The van der Waals surface area contributed by atoms with Gasteiger partial charge in [-0.15, -0.1) is 0 Å². The Morgan fingerprint density at radius 3 is 2.45 bits per heavy atom. The summed E-state index contributed by atoms with van der Waals surface area (Å²) in [7, 11) is 0. The number of nitrogens with one attached hydrogen (secondary N) is 1. The summed E-state index contributed by atoms with van der Waals surface area (Å²) in [6.07, 6.45) is 0.821. The van der Waals surface area contributed by atoms with Gasteiger partial charge in [0.1, 0.15) is 5.75 Å². The summed E-state index contributed by atoms with van der Waals surface area (Å²) >= 11 is 3.36. The van der Waals surface area contributed by atoms with Crippen molar-refractivity contribution in [3.8, 4) is 5.75 Å². The maximum Gasteiger partial charge on any atom is 0.412 e. The number of amides is 1. The van der Waals surface area contributed by atoms with Crippen molar-refractivity contribution in [1.82, 2.24) is 0 Å². The van der Waals surface area contributed by atoms with Gasteiger partial charge in [0, 0.05) is 34.0 Å². The van der Waals surface area contributed by atoms with Crippen molar-refractivity contribution in [2.45, 2.75) is 38.9 Å². The van der Waals surface area contributed by atoms with Gasteiger partial charge in [0.05, 0.1) is 6.10 Å². The molecule has 0 fully saturated rings. The number of hydrogen-bond acceptors (Lipinski definition) is 6. The van der Waals surface area contributed by atoms with Crippen LogP contribution in [0.4, 0.5) is 10.5 Å². The minimum absolute atomic E-state index is 0.0763. The molecule has 0 radical (unpaired) electrons. The van der Waals surface area contributed by atoms with Crippen molar-refractivity contribution in [1.29, 1.82) is 0 Å². The van der Waals surface area contributed by atoms with E-state index in [9.17, 15) is 19.5 Å². The number of anilines is 1. The molecule has 2 rings (SSSR count). The average Bonchev–Trinajstić information content (AvgIpc) is 2.76. The predicted molar refractivity (Wildman–Crippen MR) is 127 cm³/mol. The number of Topliss-reactive ketones (excluding diaryl/α,β-unsaturated/α-hetero) is 1. The maximum absolute atomic E-state index is 12.7. The molecule has 1 amide bonds. The number of phenols is 1. The zero-order chi connectivity index (χ0) is 24.4. The molecule has 3 N–H and O–H groups in total. The van der Waals surface area contributed by atoms with E-state index in [-0.39, 0.29) is 11.5 Å². The first-order valence-electron chi connectivity index (χ1n) is 10.3. The van der Waals surface area contributed by atoms with Gasteiger partial charge in [-0.1, -0.05) is 22.0 Å². The molecule has 0 aliphatic rings. The number of carboxylic acids is 1. The quantitative estimate of drug-likeness (QED) is 0.265. The van der Waals surface area contributed by atoms with Gasteiger partial charge in [-0.25, -0.2) is 9.59 Å². The lowest BCUT2D eigenvalue weighted by molar-refractivity contribution is -0.131. The SMILES string of the molecule is CCO[C@@H](CC/C=C/C(=O)O)[C@@H](OC(=O)Nc1ccc(C(C)=O)cc1)c1cc(Br)ccc1O. The van der Waals surface area contributed by atoms with E-state index >= 15 is 0 Å². The van der Waals surface area contributed by atoms with Crippen LogP contribution in [-0.2, 0) is 14.3 Å². The van der Waals surface area contributed by atoms with Gasteiger partial charge in [0.2, 0.25) is 0 Å². The van der Waals surface area contributed by atoms with Crippen molar-refractivity contribution in [2.24, 2.45) is 0 Å². The Kier molecular flexibility index (Phi) is 10.1. The largest absolute Gasteiger partial charge is 0.508 e. The fourth-order valence-electron chi connectivity index (χ4n) is 3.12. The van der Waals surface area contributed by atoms with Crippen molar-refractivity contribution >= 4 is 39.5 Å². The Balaban J connectivity index is 2.26. The second-order valence-electron chi connectivity index (χ2n) is 7.10. The van der Waals surface area contributed by atoms with Crippen LogP contribution in [0, 0.1) is 0 Å². The lowest BCUT2D eigenvalue weighted by Gasteiger charge is -2.28. The van der Waals surface area contributed by atoms with Crippen LogP contribution in [0.5, 0.6) is 5.75 Å². The monoisotopic (exact) mass is 519 g/mol. The molecule has 0 aromatic heterocycles. The van der Waals surface area contributed by atoms with Crippen LogP contribution in [0.2, 0.25) is 0 Å². The van der Waals surface area contributed by atoms with Crippen molar-refractivity contribution in [3.63, 3.8) is 0 Å². The number of aromatic hydroxyl groups is 1. The van der Waals surface area contributed by atoms with Crippen LogP contribution in [0.25, 0.3) is 0 Å². The highest BCUT2D eigenvalue weighted by atomic mass is 79.9. The number of ether oxygens (including phenoxy) is 2. The third-order valence-electron chi connectivity index (χ3n) is 4.66. The number of phenolic OH excluding ortho intramolecular Hbond substituents is 1. The van der Waals surface area contributed by atoms with Gasteiger partial charge < -0.3 is 19.7 Å². The average molecular weight is 520 g/mol. The Labute approximate surface area is 200 Å². The first-order valence-corrected chi connectivity index (χ1v) is 11.1. The molecule has 2 aromatic rings. The molecule has 2 aromatic carbocycles. The Hall–Kier alpha value is -3.17. The molecule has 8 nitrogen and oxygen atoms in total. The summed E-state index contributed by atoms with van der Waals surface area (Å²) in [6, 6.07) is 11.1. The van der Waals surface area contributed by atoms with Crippen LogP contribution in [0.3, 0.4) is 0 Å². The number of hydrogen-bond donors (Lipinski definition) is 3. The summed E-state index contributed by atoms with van der Waals surface area (Å²) in [5, 5.41) is 21.8. The number of aliphatic carboxylic acids is 1. The molecule has 0 heterocycles. The zero-order valence-corrected chi connectivity index (χ0v) is 19.9. The number of rotatable bonds is 11. The molecule has 0 saturated carbocycles. The van der Waals surface area contributed by atoms with Crippen LogP contribution >= 0.6 is 15.9 Å². The third kappa shape index (κ3) is 8.36. The lowest BCUT2D eigenvalue weighted by Crippen LogP contribution is -2.29. The number of allylic oxidation sites excluding steroid dienone is 1. The summed E-state index contributed by atoms with van der Waals surface area (Å²) in [6.45, 7) is 3.55. The molecule has 176 valence electrons. The highest BCUT2D eigenvalue weighted by molar-refractivity contribution is 9.10. The first-order chi connectivity index (χ1) is 15.7. The van der Waals surface area contributed by atoms with Crippen molar-refractivity contribution in [3.05, 3.63) is 70.2 Å². The van der Waals surface area contributed by atoms with Crippen LogP contribution in [0.1, 0.15) is 48.7 Å². The zero-order valence-electron chi connectivity index (χ0n) is 18.3. The molecule has 9 heteroatoms. The maximum atomic E-state index is 12.7. The second-order valence-corrected chi connectivity index (χ2v) is 8.02. The van der Waals surface area contributed by atoms with Gasteiger partial charge in [-0.05, 0) is 69.2 Å². The minimum Gasteiger partial charge on any atom is -0.508 e. The predicted octanol–water partition coefficient (Wildman–Crippen LogP) is 5.47. The molecule has 0 saturated heterocycles. The molecule has 33 heavy (non-hydrogen) atoms. The lowest BCUT2D eigenvalue weighted by atomic mass is 9.99. The first kappa shape index (κ1) is 26.1. The van der Waals surface area contributed by atoms with Crippen molar-refractivity contribution < 1.29 is 34.1 Å². The van der Waals surface area contributed by atoms with Gasteiger partial charge in [-0.3, -0.25) is 10.1 Å². The molecule has 0 spiro atoms. The van der Waals surface area contributed by atoms with E-state index in [4.69, 9.17) is 14.6 Å². The van der Waals surface area contributed by atoms with Crippen LogP contribution < -0.4 is 5.32 Å². The number of halogens is 1. The van der Waals surface area contributed by atoms with E-state index in [0.29, 0.717) is 40.7 Å². The van der Waals surface area contributed by atoms with Crippen molar-refractivity contribution in [2.75, 3.05) is 11.9 Å². The van der Waals surface area contributed by atoms with Gasteiger partial charge in [-0.2, -0.15) is 0 Å². The summed E-state index contributed by atoms with van der Waals surface area (Å²) in [5.74, 6) is -1.23. The van der Waals surface area contributed by atoms with E-state index in [1.54, 1.807) is 43.3 Å². The Morgan fingerprint density at radius 1 is 1.15 bits per heavy atom. The van der Waals surface area contributed by atoms with E-state index in [1.165, 1.54) is 19.1 Å². The molecular weight excluding hydrogens is 494 g/mol. The highest BCUT2D eigenvalue weighted by Crippen LogP contribution is 2.35. The third-order valence-corrected chi connectivity index (χ3v) is 5.16. The number of benzene rings is 2. The molecule has 0 aliphatic heterocycles. The fourth-order valence-corrected chi connectivity index (χ4v) is 3.50. The van der Waals surface area contributed by atoms with E-state index in [2.05, 4.69) is 21.2 Å².